The lowest BCUT2D eigenvalue weighted by Gasteiger charge is -2.29. The summed E-state index contributed by atoms with van der Waals surface area (Å²) >= 11 is 0. The van der Waals surface area contributed by atoms with Gasteiger partial charge >= 0.3 is 0 Å². The van der Waals surface area contributed by atoms with Crippen LogP contribution in [-0.2, 0) is 27.4 Å². The molecule has 3 aliphatic rings. The molecule has 1 unspecified atom stereocenters. The topological polar surface area (TPSA) is 99.8 Å². The number of rotatable bonds is 7. The van der Waals surface area contributed by atoms with E-state index in [1.54, 1.807) is 4.90 Å². The average Bonchev–Trinajstić information content (AvgIpc) is 3.06. The van der Waals surface area contributed by atoms with Crippen molar-refractivity contribution in [3.05, 3.63) is 34.9 Å². The van der Waals surface area contributed by atoms with Crippen molar-refractivity contribution in [1.29, 1.82) is 0 Å². The lowest BCUT2D eigenvalue weighted by atomic mass is 10.0. The first-order valence-corrected chi connectivity index (χ1v) is 10.4. The van der Waals surface area contributed by atoms with Gasteiger partial charge < -0.3 is 20.3 Å². The van der Waals surface area contributed by atoms with Crippen molar-refractivity contribution in [2.24, 2.45) is 0 Å². The summed E-state index contributed by atoms with van der Waals surface area (Å²) in [5.74, 6) is -0.783. The highest BCUT2D eigenvalue weighted by Gasteiger charge is 2.39. The number of hydrogen-bond donors (Lipinski definition) is 3. The summed E-state index contributed by atoms with van der Waals surface area (Å²) in [4.78, 5) is 38.0. The van der Waals surface area contributed by atoms with Gasteiger partial charge in [0.15, 0.2) is 0 Å². The molecule has 0 aliphatic carbocycles. The van der Waals surface area contributed by atoms with Gasteiger partial charge in [0.1, 0.15) is 6.04 Å². The van der Waals surface area contributed by atoms with E-state index in [0.717, 1.165) is 43.6 Å². The van der Waals surface area contributed by atoms with Gasteiger partial charge in [-0.25, -0.2) is 0 Å². The first kappa shape index (κ1) is 20.0. The number of carbonyl (C=O) groups excluding carboxylic acids is 3. The fourth-order valence-corrected chi connectivity index (χ4v) is 4.30. The van der Waals surface area contributed by atoms with Crippen LogP contribution in [0.15, 0.2) is 18.2 Å². The van der Waals surface area contributed by atoms with E-state index in [4.69, 9.17) is 4.74 Å². The Balaban J connectivity index is 1.32. The Morgan fingerprint density at radius 3 is 2.76 bits per heavy atom. The van der Waals surface area contributed by atoms with Crippen molar-refractivity contribution in [3.63, 3.8) is 0 Å². The van der Waals surface area contributed by atoms with Gasteiger partial charge in [0.2, 0.25) is 11.8 Å². The van der Waals surface area contributed by atoms with Gasteiger partial charge in [-0.2, -0.15) is 0 Å². The Kier molecular flexibility index (Phi) is 6.22. The van der Waals surface area contributed by atoms with Gasteiger partial charge in [-0.1, -0.05) is 12.1 Å². The molecule has 0 radical (unpaired) electrons. The monoisotopic (exact) mass is 400 g/mol. The first-order valence-electron chi connectivity index (χ1n) is 10.4. The van der Waals surface area contributed by atoms with Crippen LogP contribution < -0.4 is 16.0 Å². The van der Waals surface area contributed by atoms with E-state index in [0.29, 0.717) is 37.8 Å². The molecule has 0 bridgehead atoms. The third-order valence-corrected chi connectivity index (χ3v) is 5.91. The van der Waals surface area contributed by atoms with Gasteiger partial charge in [-0.15, -0.1) is 0 Å². The van der Waals surface area contributed by atoms with Crippen molar-refractivity contribution >= 4 is 17.7 Å². The minimum atomic E-state index is -0.577. The zero-order chi connectivity index (χ0) is 20.2. The molecule has 1 aromatic carbocycles. The number of carbonyl (C=O) groups is 3. The lowest BCUT2D eigenvalue weighted by molar-refractivity contribution is -0.136. The molecule has 0 aromatic heterocycles. The molecule has 8 heteroatoms. The van der Waals surface area contributed by atoms with Crippen molar-refractivity contribution < 1.29 is 19.1 Å². The van der Waals surface area contributed by atoms with Gasteiger partial charge in [0.25, 0.3) is 5.91 Å². The number of fused-ring (bicyclic) bond motifs is 1. The standard InChI is InChI=1S/C21H28N4O4/c26-19-5-4-18(20(27)24-19)25-13-17-14(2-1-3-16(17)21(25)28)12-23-10-11-29-15-6-8-22-9-7-15/h1-3,15,18,22-23H,4-13H2,(H,24,26,27). The Morgan fingerprint density at radius 2 is 1.97 bits per heavy atom. The maximum Gasteiger partial charge on any atom is 0.255 e. The number of piperidine rings is 2. The molecule has 1 aromatic rings. The molecule has 0 spiro atoms. The summed E-state index contributed by atoms with van der Waals surface area (Å²) in [5.41, 5.74) is 2.68. The fourth-order valence-electron chi connectivity index (χ4n) is 4.30. The molecule has 0 saturated carbocycles. The summed E-state index contributed by atoms with van der Waals surface area (Å²) in [6.07, 6.45) is 3.11. The molecule has 1 atom stereocenters. The van der Waals surface area contributed by atoms with E-state index in [9.17, 15) is 14.4 Å². The van der Waals surface area contributed by atoms with Gasteiger partial charge in [0.05, 0.1) is 12.7 Å². The Morgan fingerprint density at radius 1 is 1.14 bits per heavy atom. The first-order chi connectivity index (χ1) is 14.1. The van der Waals surface area contributed by atoms with Crippen LogP contribution in [0.3, 0.4) is 0 Å². The average molecular weight is 400 g/mol. The molecule has 29 heavy (non-hydrogen) atoms. The van der Waals surface area contributed by atoms with Crippen molar-refractivity contribution in [1.82, 2.24) is 20.9 Å². The molecule has 8 nitrogen and oxygen atoms in total. The second kappa shape index (κ2) is 9.02. The molecule has 3 aliphatic heterocycles. The van der Waals surface area contributed by atoms with E-state index >= 15 is 0 Å². The number of nitrogens with one attached hydrogen (secondary N) is 3. The highest BCUT2D eigenvalue weighted by molar-refractivity contribution is 6.05. The minimum Gasteiger partial charge on any atom is -0.377 e. The normalized spacial score (nSPS) is 22.7. The Bertz CT molecular complexity index is 791. The van der Waals surface area contributed by atoms with Crippen molar-refractivity contribution in [2.75, 3.05) is 26.2 Å². The smallest absolute Gasteiger partial charge is 0.255 e. The van der Waals surface area contributed by atoms with E-state index in [2.05, 4.69) is 16.0 Å². The van der Waals surface area contributed by atoms with Crippen LogP contribution in [0.5, 0.6) is 0 Å². The number of benzene rings is 1. The highest BCUT2D eigenvalue weighted by atomic mass is 16.5. The number of ether oxygens (including phenoxy) is 1. The Labute approximate surface area is 170 Å². The number of amides is 3. The van der Waals surface area contributed by atoms with Gasteiger partial charge in [0, 0.05) is 31.6 Å². The SMILES string of the molecule is O=C1CCC(N2Cc3c(CNCCOC4CCNCC4)cccc3C2=O)C(=O)N1. The Hall–Kier alpha value is -2.29. The van der Waals surface area contributed by atoms with Crippen molar-refractivity contribution in [2.45, 2.75) is 50.9 Å². The number of nitrogens with zero attached hydrogens (tertiary/aromatic N) is 1. The fraction of sp³-hybridized carbons (Fsp3) is 0.571. The van der Waals surface area contributed by atoms with Crippen molar-refractivity contribution in [3.8, 4) is 0 Å². The summed E-state index contributed by atoms with van der Waals surface area (Å²) < 4.78 is 5.91. The molecular weight excluding hydrogens is 372 g/mol. The van der Waals surface area contributed by atoms with Crippen LogP contribution in [0.2, 0.25) is 0 Å². The zero-order valence-electron chi connectivity index (χ0n) is 16.5. The summed E-state index contributed by atoms with van der Waals surface area (Å²) in [7, 11) is 0. The minimum absolute atomic E-state index is 0.134. The number of imide groups is 1. The van der Waals surface area contributed by atoms with Gasteiger partial charge in [-0.3, -0.25) is 19.7 Å². The summed E-state index contributed by atoms with van der Waals surface area (Å²) in [5, 5.41) is 9.07. The molecule has 3 heterocycles. The highest BCUT2D eigenvalue weighted by Crippen LogP contribution is 2.29. The lowest BCUT2D eigenvalue weighted by Crippen LogP contribution is -2.52. The molecule has 3 N–H and O–H groups in total. The van der Waals surface area contributed by atoms with Crippen LogP contribution in [-0.4, -0.2) is 61.0 Å². The summed E-state index contributed by atoms with van der Waals surface area (Å²) in [6, 6.07) is 5.13. The van der Waals surface area contributed by atoms with Crippen LogP contribution in [0, 0.1) is 0 Å². The van der Waals surface area contributed by atoms with E-state index in [1.165, 1.54) is 0 Å². The molecule has 2 fully saturated rings. The van der Waals surface area contributed by atoms with E-state index in [-0.39, 0.29) is 24.1 Å². The maximum atomic E-state index is 12.8. The zero-order valence-corrected chi connectivity index (χ0v) is 16.5. The van der Waals surface area contributed by atoms with E-state index in [1.807, 2.05) is 18.2 Å². The second-order valence-electron chi connectivity index (χ2n) is 7.84. The van der Waals surface area contributed by atoms with Crippen LogP contribution in [0.25, 0.3) is 0 Å². The third-order valence-electron chi connectivity index (χ3n) is 5.91. The third kappa shape index (κ3) is 4.49. The second-order valence-corrected chi connectivity index (χ2v) is 7.84. The molecule has 156 valence electrons. The number of hydrogen-bond acceptors (Lipinski definition) is 6. The molecule has 2 saturated heterocycles. The predicted octanol–water partition coefficient (Wildman–Crippen LogP) is 0.306. The largest absolute Gasteiger partial charge is 0.377 e. The predicted molar refractivity (Wildman–Crippen MR) is 106 cm³/mol. The summed E-state index contributed by atoms with van der Waals surface area (Å²) in [6.45, 7) is 4.51. The van der Waals surface area contributed by atoms with Gasteiger partial charge in [-0.05, 0) is 49.5 Å². The van der Waals surface area contributed by atoms with Crippen LogP contribution >= 0.6 is 0 Å². The quantitative estimate of drug-likeness (QED) is 0.450. The van der Waals surface area contributed by atoms with E-state index < -0.39 is 6.04 Å². The van der Waals surface area contributed by atoms with Crippen LogP contribution in [0.4, 0.5) is 0 Å². The molecule has 3 amide bonds. The maximum absolute atomic E-state index is 12.8. The molecule has 4 rings (SSSR count). The molecular formula is C21H28N4O4. The van der Waals surface area contributed by atoms with Crippen LogP contribution in [0.1, 0.15) is 47.2 Å².